The molecule has 5 nitrogen and oxygen atoms in total. The Morgan fingerprint density at radius 3 is 2.22 bits per heavy atom. The van der Waals surface area contributed by atoms with Crippen molar-refractivity contribution in [3.05, 3.63) is 62.2 Å². The number of amides is 2. The molecule has 2 aromatic heterocycles. The maximum absolute atomic E-state index is 12.5. The molecule has 0 fully saturated rings. The topological polar surface area (TPSA) is 71.1 Å². The average Bonchev–Trinajstić information content (AvgIpc) is 3.26. The number of thiazole rings is 1. The van der Waals surface area contributed by atoms with Crippen LogP contribution in [-0.2, 0) is 6.42 Å². The van der Waals surface area contributed by atoms with E-state index in [2.05, 4.69) is 29.5 Å². The van der Waals surface area contributed by atoms with Gasteiger partial charge >= 0.3 is 0 Å². The number of benzene rings is 1. The van der Waals surface area contributed by atoms with E-state index in [1.54, 1.807) is 30.3 Å². The molecule has 27 heavy (non-hydrogen) atoms. The molecule has 0 aliphatic rings. The van der Waals surface area contributed by atoms with Crippen LogP contribution >= 0.6 is 22.7 Å². The van der Waals surface area contributed by atoms with Crippen LogP contribution in [0.1, 0.15) is 43.9 Å². The summed E-state index contributed by atoms with van der Waals surface area (Å²) in [6.45, 7) is 6.13. The van der Waals surface area contributed by atoms with Crippen LogP contribution in [0.3, 0.4) is 0 Å². The van der Waals surface area contributed by atoms with E-state index in [4.69, 9.17) is 0 Å². The highest BCUT2D eigenvalue weighted by molar-refractivity contribution is 7.14. The maximum Gasteiger partial charge on any atom is 0.267 e. The standard InChI is InChI=1S/C20H21N3O2S2/c1-12(2)11-17-21-13(3)18(27-17)20(25)23-15-8-6-14(7-9-15)22-19(24)16-5-4-10-26-16/h4-10,12H,11H2,1-3H3,(H,22,24)(H,23,25). The summed E-state index contributed by atoms with van der Waals surface area (Å²) in [7, 11) is 0. The van der Waals surface area contributed by atoms with Crippen LogP contribution in [0.25, 0.3) is 0 Å². The second kappa shape index (κ2) is 8.45. The van der Waals surface area contributed by atoms with Gasteiger partial charge in [-0.25, -0.2) is 4.98 Å². The molecule has 0 aliphatic heterocycles. The molecule has 0 saturated carbocycles. The first-order valence-electron chi connectivity index (χ1n) is 8.65. The monoisotopic (exact) mass is 399 g/mol. The molecular weight excluding hydrogens is 378 g/mol. The summed E-state index contributed by atoms with van der Waals surface area (Å²) in [6.07, 6.45) is 0.872. The van der Waals surface area contributed by atoms with Crippen LogP contribution < -0.4 is 10.6 Å². The smallest absolute Gasteiger partial charge is 0.267 e. The van der Waals surface area contributed by atoms with Crippen molar-refractivity contribution in [1.29, 1.82) is 0 Å². The Balaban J connectivity index is 1.63. The first-order valence-corrected chi connectivity index (χ1v) is 10.3. The normalized spacial score (nSPS) is 10.8. The molecule has 0 atom stereocenters. The fraction of sp³-hybridized carbons (Fsp3) is 0.250. The third-order valence-electron chi connectivity index (χ3n) is 3.78. The molecule has 7 heteroatoms. The molecule has 2 amide bonds. The molecule has 0 spiro atoms. The van der Waals surface area contributed by atoms with Gasteiger partial charge in [-0.1, -0.05) is 19.9 Å². The van der Waals surface area contributed by atoms with Crippen molar-refractivity contribution >= 4 is 45.9 Å². The average molecular weight is 400 g/mol. The number of carbonyl (C=O) groups excluding carboxylic acids is 2. The Morgan fingerprint density at radius 2 is 1.67 bits per heavy atom. The number of aromatic nitrogens is 1. The van der Waals surface area contributed by atoms with E-state index >= 15 is 0 Å². The quantitative estimate of drug-likeness (QED) is 0.597. The van der Waals surface area contributed by atoms with E-state index < -0.39 is 0 Å². The van der Waals surface area contributed by atoms with Crippen molar-refractivity contribution in [2.45, 2.75) is 27.2 Å². The fourth-order valence-corrected chi connectivity index (χ4v) is 4.32. The number of aryl methyl sites for hydroxylation is 1. The van der Waals surface area contributed by atoms with Gasteiger partial charge in [0, 0.05) is 17.8 Å². The first kappa shape index (κ1) is 19.3. The Labute approximate surface area is 166 Å². The predicted molar refractivity (Wildman–Crippen MR) is 112 cm³/mol. The van der Waals surface area contributed by atoms with Crippen molar-refractivity contribution in [3.63, 3.8) is 0 Å². The van der Waals surface area contributed by atoms with Gasteiger partial charge in [0.2, 0.25) is 0 Å². The lowest BCUT2D eigenvalue weighted by Gasteiger charge is -2.07. The number of nitrogens with one attached hydrogen (secondary N) is 2. The second-order valence-electron chi connectivity index (χ2n) is 6.58. The molecule has 2 N–H and O–H groups in total. The van der Waals surface area contributed by atoms with Gasteiger partial charge < -0.3 is 10.6 Å². The number of rotatable bonds is 6. The van der Waals surface area contributed by atoms with E-state index in [0.29, 0.717) is 27.0 Å². The van der Waals surface area contributed by atoms with Crippen molar-refractivity contribution in [2.24, 2.45) is 5.92 Å². The molecule has 140 valence electrons. The van der Waals surface area contributed by atoms with Crippen LogP contribution in [0.15, 0.2) is 41.8 Å². The zero-order valence-corrected chi connectivity index (χ0v) is 17.0. The highest BCUT2D eigenvalue weighted by Gasteiger charge is 2.16. The van der Waals surface area contributed by atoms with Crippen molar-refractivity contribution in [3.8, 4) is 0 Å². The number of hydrogen-bond acceptors (Lipinski definition) is 5. The first-order chi connectivity index (χ1) is 12.9. The lowest BCUT2D eigenvalue weighted by molar-refractivity contribution is 0.102. The lowest BCUT2D eigenvalue weighted by atomic mass is 10.1. The second-order valence-corrected chi connectivity index (χ2v) is 8.61. The van der Waals surface area contributed by atoms with Gasteiger partial charge in [0.15, 0.2) is 0 Å². The van der Waals surface area contributed by atoms with Gasteiger partial charge in [-0.15, -0.1) is 22.7 Å². The third kappa shape index (κ3) is 5.02. The van der Waals surface area contributed by atoms with E-state index in [1.165, 1.54) is 22.7 Å². The van der Waals surface area contributed by atoms with Gasteiger partial charge in [0.1, 0.15) is 4.88 Å². The zero-order chi connectivity index (χ0) is 19.4. The molecule has 3 rings (SSSR count). The highest BCUT2D eigenvalue weighted by Crippen LogP contribution is 2.23. The van der Waals surface area contributed by atoms with E-state index in [-0.39, 0.29) is 11.8 Å². The molecule has 2 heterocycles. The summed E-state index contributed by atoms with van der Waals surface area (Å²) in [5.41, 5.74) is 2.11. The molecule has 0 saturated heterocycles. The van der Waals surface area contributed by atoms with Gasteiger partial charge in [-0.2, -0.15) is 0 Å². The number of thiophene rings is 1. The molecular formula is C20H21N3O2S2. The van der Waals surface area contributed by atoms with Crippen LogP contribution in [0, 0.1) is 12.8 Å². The van der Waals surface area contributed by atoms with Crippen molar-refractivity contribution in [1.82, 2.24) is 4.98 Å². The molecule has 1 aromatic carbocycles. The highest BCUT2D eigenvalue weighted by atomic mass is 32.1. The summed E-state index contributed by atoms with van der Waals surface area (Å²) < 4.78 is 0. The Hall–Kier alpha value is -2.51. The van der Waals surface area contributed by atoms with Gasteiger partial charge in [0.05, 0.1) is 15.6 Å². The fourth-order valence-electron chi connectivity index (χ4n) is 2.52. The van der Waals surface area contributed by atoms with Crippen LogP contribution in [0.4, 0.5) is 11.4 Å². The molecule has 0 unspecified atom stereocenters. The van der Waals surface area contributed by atoms with Gasteiger partial charge in [-0.05, 0) is 48.6 Å². The Kier molecular flexibility index (Phi) is 6.03. The Morgan fingerprint density at radius 1 is 1.04 bits per heavy atom. The maximum atomic E-state index is 12.5. The molecule has 3 aromatic rings. The summed E-state index contributed by atoms with van der Waals surface area (Å²) >= 11 is 2.84. The summed E-state index contributed by atoms with van der Waals surface area (Å²) in [5, 5.41) is 8.58. The summed E-state index contributed by atoms with van der Waals surface area (Å²) in [6, 6.07) is 10.7. The minimum Gasteiger partial charge on any atom is -0.321 e. The molecule has 0 aliphatic carbocycles. The van der Waals surface area contributed by atoms with E-state index in [0.717, 1.165) is 17.1 Å². The number of hydrogen-bond donors (Lipinski definition) is 2. The van der Waals surface area contributed by atoms with Crippen LogP contribution in [0.5, 0.6) is 0 Å². The number of nitrogens with zero attached hydrogens (tertiary/aromatic N) is 1. The molecule has 0 bridgehead atoms. The lowest BCUT2D eigenvalue weighted by Crippen LogP contribution is -2.12. The number of carbonyl (C=O) groups is 2. The third-order valence-corrected chi connectivity index (χ3v) is 5.82. The van der Waals surface area contributed by atoms with Crippen LogP contribution in [-0.4, -0.2) is 16.8 Å². The minimum absolute atomic E-state index is 0.139. The minimum atomic E-state index is -0.157. The van der Waals surface area contributed by atoms with Gasteiger partial charge in [-0.3, -0.25) is 9.59 Å². The number of anilines is 2. The van der Waals surface area contributed by atoms with Crippen molar-refractivity contribution < 1.29 is 9.59 Å². The SMILES string of the molecule is Cc1nc(CC(C)C)sc1C(=O)Nc1ccc(NC(=O)c2cccs2)cc1. The van der Waals surface area contributed by atoms with Crippen molar-refractivity contribution in [2.75, 3.05) is 10.6 Å². The molecule has 0 radical (unpaired) electrons. The predicted octanol–water partition coefficient (Wildman–Crippen LogP) is 5.22. The van der Waals surface area contributed by atoms with E-state index in [1.807, 2.05) is 18.4 Å². The summed E-state index contributed by atoms with van der Waals surface area (Å²) in [4.78, 5) is 30.4. The summed E-state index contributed by atoms with van der Waals surface area (Å²) in [5.74, 6) is 0.207. The zero-order valence-electron chi connectivity index (χ0n) is 15.4. The van der Waals surface area contributed by atoms with Crippen LogP contribution in [0.2, 0.25) is 0 Å². The largest absolute Gasteiger partial charge is 0.321 e. The van der Waals surface area contributed by atoms with Gasteiger partial charge in [0.25, 0.3) is 11.8 Å². The van der Waals surface area contributed by atoms with E-state index in [9.17, 15) is 9.59 Å². The Bertz CT molecular complexity index is 929.